The number of benzene rings is 2. The smallest absolute Gasteiger partial charge is 0.224 e. The standard InChI is InChI=1S/C19H17N3O2S/c23-17(9-10-19-22-15-3-1-2-4-16(15)25-19)20-13-6-7-14-12(11-13)5-8-18(24)21-14/h1-4,6-7,11H,5,8-10H2,(H,20,23)(H,21,24). The molecule has 6 heteroatoms. The number of anilines is 2. The van der Waals surface area contributed by atoms with Gasteiger partial charge in [-0.1, -0.05) is 12.1 Å². The molecule has 0 unspecified atom stereocenters. The van der Waals surface area contributed by atoms with Gasteiger partial charge in [-0.2, -0.15) is 0 Å². The molecule has 2 amide bonds. The van der Waals surface area contributed by atoms with E-state index in [4.69, 9.17) is 0 Å². The lowest BCUT2D eigenvalue weighted by molar-refractivity contribution is -0.117. The van der Waals surface area contributed by atoms with Gasteiger partial charge in [-0.25, -0.2) is 4.98 Å². The second-order valence-corrected chi connectivity index (χ2v) is 7.16. The predicted octanol–water partition coefficient (Wildman–Crippen LogP) is 3.75. The number of hydrogen-bond acceptors (Lipinski definition) is 4. The van der Waals surface area contributed by atoms with Crippen LogP contribution in [0.2, 0.25) is 0 Å². The maximum Gasteiger partial charge on any atom is 0.224 e. The minimum atomic E-state index is -0.0287. The number of rotatable bonds is 4. The number of carbonyl (C=O) groups excluding carboxylic acids is 2. The van der Waals surface area contributed by atoms with Gasteiger partial charge in [0, 0.05) is 30.6 Å². The molecule has 0 radical (unpaired) electrons. The zero-order chi connectivity index (χ0) is 17.2. The lowest BCUT2D eigenvalue weighted by atomic mass is 10.0. The fraction of sp³-hybridized carbons (Fsp3) is 0.211. The third-order valence-electron chi connectivity index (χ3n) is 4.19. The van der Waals surface area contributed by atoms with E-state index in [1.54, 1.807) is 11.3 Å². The molecular weight excluding hydrogens is 334 g/mol. The molecule has 1 aromatic heterocycles. The summed E-state index contributed by atoms with van der Waals surface area (Å²) in [5.41, 5.74) is 3.65. The van der Waals surface area contributed by atoms with Crippen molar-refractivity contribution in [3.8, 4) is 0 Å². The van der Waals surface area contributed by atoms with Crippen molar-refractivity contribution in [1.29, 1.82) is 0 Å². The van der Waals surface area contributed by atoms with Crippen LogP contribution in [0.25, 0.3) is 10.2 Å². The number of nitrogens with one attached hydrogen (secondary N) is 2. The second-order valence-electron chi connectivity index (χ2n) is 6.04. The summed E-state index contributed by atoms with van der Waals surface area (Å²) in [6.45, 7) is 0. The molecular formula is C19H17N3O2S. The van der Waals surface area contributed by atoms with Gasteiger partial charge in [-0.3, -0.25) is 9.59 Å². The fourth-order valence-corrected chi connectivity index (χ4v) is 3.90. The number of para-hydroxylation sites is 1. The van der Waals surface area contributed by atoms with Crippen molar-refractivity contribution < 1.29 is 9.59 Å². The Labute approximate surface area is 149 Å². The molecule has 0 atom stereocenters. The third kappa shape index (κ3) is 3.53. The molecule has 0 fully saturated rings. The van der Waals surface area contributed by atoms with Crippen molar-refractivity contribution in [3.05, 3.63) is 53.0 Å². The van der Waals surface area contributed by atoms with E-state index < -0.39 is 0 Å². The minimum absolute atomic E-state index is 0.0287. The molecule has 0 spiro atoms. The van der Waals surface area contributed by atoms with E-state index in [0.717, 1.165) is 32.2 Å². The number of nitrogens with zero attached hydrogens (tertiary/aromatic N) is 1. The Morgan fingerprint density at radius 1 is 1.20 bits per heavy atom. The molecule has 0 saturated heterocycles. The number of aryl methyl sites for hydroxylation is 2. The Morgan fingerprint density at radius 2 is 2.08 bits per heavy atom. The van der Waals surface area contributed by atoms with E-state index >= 15 is 0 Å². The minimum Gasteiger partial charge on any atom is -0.326 e. The van der Waals surface area contributed by atoms with Crippen LogP contribution < -0.4 is 10.6 Å². The highest BCUT2D eigenvalue weighted by atomic mass is 32.1. The summed E-state index contributed by atoms with van der Waals surface area (Å²) in [5, 5.41) is 6.75. The summed E-state index contributed by atoms with van der Waals surface area (Å²) >= 11 is 1.63. The first kappa shape index (κ1) is 15.8. The van der Waals surface area contributed by atoms with E-state index in [9.17, 15) is 9.59 Å². The van der Waals surface area contributed by atoms with E-state index in [-0.39, 0.29) is 11.8 Å². The molecule has 0 aliphatic carbocycles. The average Bonchev–Trinajstić information content (AvgIpc) is 3.03. The number of carbonyl (C=O) groups is 2. The molecule has 2 N–H and O–H groups in total. The van der Waals surface area contributed by atoms with Crippen molar-refractivity contribution in [2.75, 3.05) is 10.6 Å². The summed E-state index contributed by atoms with van der Waals surface area (Å²) < 4.78 is 1.15. The molecule has 2 heterocycles. The molecule has 5 nitrogen and oxygen atoms in total. The van der Waals surface area contributed by atoms with Gasteiger partial charge in [0.2, 0.25) is 11.8 Å². The lowest BCUT2D eigenvalue weighted by Gasteiger charge is -2.17. The zero-order valence-electron chi connectivity index (χ0n) is 13.5. The monoisotopic (exact) mass is 351 g/mol. The van der Waals surface area contributed by atoms with Gasteiger partial charge in [0.15, 0.2) is 0 Å². The van der Waals surface area contributed by atoms with E-state index in [1.165, 1.54) is 0 Å². The lowest BCUT2D eigenvalue weighted by Crippen LogP contribution is -2.19. The first-order valence-corrected chi connectivity index (χ1v) is 9.06. The van der Waals surface area contributed by atoms with Crippen molar-refractivity contribution >= 4 is 44.7 Å². The molecule has 1 aliphatic heterocycles. The maximum absolute atomic E-state index is 12.2. The summed E-state index contributed by atoms with van der Waals surface area (Å²) in [4.78, 5) is 28.2. The Kier molecular flexibility index (Phi) is 4.19. The zero-order valence-corrected chi connectivity index (χ0v) is 14.4. The summed E-state index contributed by atoms with van der Waals surface area (Å²) in [6.07, 6.45) is 2.22. The highest BCUT2D eigenvalue weighted by molar-refractivity contribution is 7.18. The van der Waals surface area contributed by atoms with E-state index in [1.807, 2.05) is 42.5 Å². The molecule has 2 aromatic carbocycles. The molecule has 0 bridgehead atoms. The topological polar surface area (TPSA) is 71.1 Å². The van der Waals surface area contributed by atoms with Crippen LogP contribution in [-0.4, -0.2) is 16.8 Å². The molecule has 1 aliphatic rings. The van der Waals surface area contributed by atoms with Gasteiger partial charge in [0.25, 0.3) is 0 Å². The van der Waals surface area contributed by atoms with Crippen LogP contribution in [0, 0.1) is 0 Å². The van der Waals surface area contributed by atoms with Crippen LogP contribution in [0.3, 0.4) is 0 Å². The molecule has 3 aromatic rings. The van der Waals surface area contributed by atoms with Crippen molar-refractivity contribution in [1.82, 2.24) is 4.98 Å². The van der Waals surface area contributed by atoms with Crippen LogP contribution in [0.5, 0.6) is 0 Å². The fourth-order valence-electron chi connectivity index (χ4n) is 2.93. The first-order chi connectivity index (χ1) is 12.2. The van der Waals surface area contributed by atoms with Crippen LogP contribution in [-0.2, 0) is 22.4 Å². The van der Waals surface area contributed by atoms with Crippen LogP contribution >= 0.6 is 11.3 Å². The average molecular weight is 351 g/mol. The molecule has 126 valence electrons. The van der Waals surface area contributed by atoms with Crippen molar-refractivity contribution in [2.45, 2.75) is 25.7 Å². The third-order valence-corrected chi connectivity index (χ3v) is 5.28. The Bertz CT molecular complexity index is 931. The SMILES string of the molecule is O=C(CCc1nc2ccccc2s1)Nc1ccc2c(c1)CCC(=O)N2. The normalized spacial score (nSPS) is 13.4. The summed E-state index contributed by atoms with van der Waals surface area (Å²) in [7, 11) is 0. The van der Waals surface area contributed by atoms with Gasteiger partial charge in [0.05, 0.1) is 15.2 Å². The van der Waals surface area contributed by atoms with Crippen molar-refractivity contribution in [3.63, 3.8) is 0 Å². The van der Waals surface area contributed by atoms with Crippen LogP contribution in [0.4, 0.5) is 11.4 Å². The predicted molar refractivity (Wildman–Crippen MR) is 100.0 cm³/mol. The van der Waals surface area contributed by atoms with Gasteiger partial charge >= 0.3 is 0 Å². The number of amides is 2. The Morgan fingerprint density at radius 3 is 2.96 bits per heavy atom. The van der Waals surface area contributed by atoms with Gasteiger partial charge < -0.3 is 10.6 Å². The summed E-state index contributed by atoms with van der Waals surface area (Å²) in [6, 6.07) is 13.6. The van der Waals surface area contributed by atoms with Crippen LogP contribution in [0.1, 0.15) is 23.4 Å². The molecule has 0 saturated carbocycles. The number of fused-ring (bicyclic) bond motifs is 2. The Hall–Kier alpha value is -2.73. The van der Waals surface area contributed by atoms with Gasteiger partial charge in [-0.05, 0) is 42.3 Å². The number of hydrogen-bond donors (Lipinski definition) is 2. The highest BCUT2D eigenvalue weighted by Gasteiger charge is 2.15. The first-order valence-electron chi connectivity index (χ1n) is 8.24. The van der Waals surface area contributed by atoms with E-state index in [2.05, 4.69) is 15.6 Å². The van der Waals surface area contributed by atoms with Crippen LogP contribution in [0.15, 0.2) is 42.5 Å². The Balaban J connectivity index is 1.38. The quantitative estimate of drug-likeness (QED) is 0.752. The number of aromatic nitrogens is 1. The summed E-state index contributed by atoms with van der Waals surface area (Å²) in [5.74, 6) is 0.0131. The van der Waals surface area contributed by atoms with Crippen molar-refractivity contribution in [2.24, 2.45) is 0 Å². The second kappa shape index (κ2) is 6.64. The number of thiazole rings is 1. The molecule has 25 heavy (non-hydrogen) atoms. The van der Waals surface area contributed by atoms with E-state index in [0.29, 0.717) is 25.7 Å². The largest absolute Gasteiger partial charge is 0.326 e. The highest BCUT2D eigenvalue weighted by Crippen LogP contribution is 2.26. The molecule has 4 rings (SSSR count). The maximum atomic E-state index is 12.2. The van der Waals surface area contributed by atoms with Gasteiger partial charge in [0.1, 0.15) is 0 Å². The van der Waals surface area contributed by atoms with Gasteiger partial charge in [-0.15, -0.1) is 11.3 Å².